The van der Waals surface area contributed by atoms with E-state index in [1.165, 1.54) is 31.6 Å². The van der Waals surface area contributed by atoms with Crippen LogP contribution in [0.15, 0.2) is 65.5 Å². The molecule has 0 aliphatic carbocycles. The van der Waals surface area contributed by atoms with E-state index >= 15 is 0 Å². The van der Waals surface area contributed by atoms with Gasteiger partial charge in [-0.3, -0.25) is 0 Å². The fraction of sp³-hybridized carbons (Fsp3) is 0.240. The zero-order chi connectivity index (χ0) is 22.0. The van der Waals surface area contributed by atoms with Crippen molar-refractivity contribution in [1.82, 2.24) is 19.8 Å². The molecule has 158 valence electrons. The van der Waals surface area contributed by atoms with Gasteiger partial charge in [-0.2, -0.15) is 9.36 Å². The zero-order valence-corrected chi connectivity index (χ0v) is 18.3. The topological polar surface area (TPSA) is 61.9 Å². The Morgan fingerprint density at radius 2 is 1.74 bits per heavy atom. The number of hydrogen-bond acceptors (Lipinski definition) is 4. The first-order valence-electron chi connectivity index (χ1n) is 10.4. The maximum Gasteiger partial charge on any atom is 0.368 e. The molecule has 0 saturated heterocycles. The molecule has 0 atom stereocenters. The maximum atomic E-state index is 12.3. The summed E-state index contributed by atoms with van der Waals surface area (Å²) in [5.41, 5.74) is 7.24. The molecule has 0 amide bonds. The van der Waals surface area contributed by atoms with Crippen molar-refractivity contribution in [2.75, 3.05) is 0 Å². The summed E-state index contributed by atoms with van der Waals surface area (Å²) in [6.45, 7) is 6.58. The highest BCUT2D eigenvalue weighted by Gasteiger charge is 2.14. The van der Waals surface area contributed by atoms with Crippen molar-refractivity contribution in [3.63, 3.8) is 0 Å². The molecule has 0 unspecified atom stereocenters. The Labute approximate surface area is 181 Å². The number of benzene rings is 3. The summed E-state index contributed by atoms with van der Waals surface area (Å²) >= 11 is 0. The molecule has 0 radical (unpaired) electrons. The van der Waals surface area contributed by atoms with Gasteiger partial charge in [0.05, 0.1) is 5.69 Å². The molecule has 1 heterocycles. The summed E-state index contributed by atoms with van der Waals surface area (Å²) in [6.07, 6.45) is 0.908. The van der Waals surface area contributed by atoms with E-state index in [0.29, 0.717) is 12.3 Å². The Kier molecular flexibility index (Phi) is 5.71. The molecule has 4 rings (SSSR count). The number of ether oxygens (including phenoxy) is 1. The molecule has 0 spiro atoms. The number of rotatable bonds is 6. The molecule has 0 fully saturated rings. The smallest absolute Gasteiger partial charge is 0.368 e. The summed E-state index contributed by atoms with van der Waals surface area (Å²) in [6, 6.07) is 20.6. The van der Waals surface area contributed by atoms with Gasteiger partial charge in [-0.25, -0.2) is 4.79 Å². The molecule has 0 aliphatic heterocycles. The lowest BCUT2D eigenvalue weighted by atomic mass is 9.97. The molecule has 31 heavy (non-hydrogen) atoms. The van der Waals surface area contributed by atoms with Gasteiger partial charge in [0.15, 0.2) is 0 Å². The minimum Gasteiger partial charge on any atom is -0.489 e. The molecular formula is C25H26N4O2. The molecule has 6 heteroatoms. The molecule has 1 aromatic heterocycles. The highest BCUT2D eigenvalue weighted by molar-refractivity contribution is 5.68. The van der Waals surface area contributed by atoms with Gasteiger partial charge < -0.3 is 4.74 Å². The van der Waals surface area contributed by atoms with Gasteiger partial charge in [0, 0.05) is 12.6 Å². The Bertz CT molecular complexity index is 1270. The first-order valence-corrected chi connectivity index (χ1v) is 10.4. The predicted octanol–water partition coefficient (Wildman–Crippen LogP) is 4.39. The van der Waals surface area contributed by atoms with Crippen molar-refractivity contribution in [1.29, 1.82) is 0 Å². The zero-order valence-electron chi connectivity index (χ0n) is 18.3. The van der Waals surface area contributed by atoms with Crippen LogP contribution in [-0.2, 0) is 20.1 Å². The molecule has 3 aromatic carbocycles. The van der Waals surface area contributed by atoms with E-state index in [2.05, 4.69) is 60.7 Å². The van der Waals surface area contributed by atoms with Crippen molar-refractivity contribution in [2.24, 2.45) is 7.05 Å². The van der Waals surface area contributed by atoms with Gasteiger partial charge in [-0.1, -0.05) is 55.0 Å². The molecule has 0 aliphatic rings. The van der Waals surface area contributed by atoms with Crippen LogP contribution in [0, 0.1) is 13.8 Å². The average Bonchev–Trinajstić information content (AvgIpc) is 3.11. The van der Waals surface area contributed by atoms with Gasteiger partial charge in [0.25, 0.3) is 0 Å². The highest BCUT2D eigenvalue weighted by Crippen LogP contribution is 2.29. The van der Waals surface area contributed by atoms with E-state index in [4.69, 9.17) is 4.74 Å². The molecule has 0 N–H and O–H groups in total. The third kappa shape index (κ3) is 4.14. The predicted molar refractivity (Wildman–Crippen MR) is 122 cm³/mol. The summed E-state index contributed by atoms with van der Waals surface area (Å²) in [4.78, 5) is 12.3. The molecule has 6 nitrogen and oxygen atoms in total. The van der Waals surface area contributed by atoms with Crippen molar-refractivity contribution < 1.29 is 4.74 Å². The summed E-state index contributed by atoms with van der Waals surface area (Å²) < 4.78 is 8.69. The van der Waals surface area contributed by atoms with Crippen LogP contribution in [-0.4, -0.2) is 19.8 Å². The Morgan fingerprint density at radius 1 is 0.968 bits per heavy atom. The minimum atomic E-state index is -0.289. The second kappa shape index (κ2) is 8.60. The van der Waals surface area contributed by atoms with Crippen molar-refractivity contribution in [3.05, 3.63) is 93.4 Å². The molecular weight excluding hydrogens is 388 g/mol. The van der Waals surface area contributed by atoms with E-state index in [1.807, 2.05) is 31.2 Å². The second-order valence-electron chi connectivity index (χ2n) is 7.70. The molecule has 4 aromatic rings. The molecule has 0 saturated carbocycles. The number of tetrazole rings is 1. The average molecular weight is 415 g/mol. The largest absolute Gasteiger partial charge is 0.489 e. The van der Waals surface area contributed by atoms with Gasteiger partial charge in [0.1, 0.15) is 12.4 Å². The Balaban J connectivity index is 1.62. The lowest BCUT2D eigenvalue weighted by Gasteiger charge is -2.15. The van der Waals surface area contributed by atoms with Crippen LogP contribution in [0.1, 0.15) is 29.2 Å². The first-order chi connectivity index (χ1) is 15.0. The van der Waals surface area contributed by atoms with Crippen LogP contribution >= 0.6 is 0 Å². The van der Waals surface area contributed by atoms with E-state index < -0.39 is 0 Å². The fourth-order valence-corrected chi connectivity index (χ4v) is 3.66. The minimum absolute atomic E-state index is 0.289. The van der Waals surface area contributed by atoms with Crippen molar-refractivity contribution >= 4 is 0 Å². The van der Waals surface area contributed by atoms with Gasteiger partial charge in [-0.15, -0.1) is 0 Å². The highest BCUT2D eigenvalue weighted by atomic mass is 16.5. The van der Waals surface area contributed by atoms with Gasteiger partial charge in [-0.05, 0) is 71.1 Å². The third-order valence-electron chi connectivity index (χ3n) is 5.54. The van der Waals surface area contributed by atoms with Crippen molar-refractivity contribution in [3.8, 4) is 22.6 Å². The second-order valence-corrected chi connectivity index (χ2v) is 7.70. The normalized spacial score (nSPS) is 11.0. The van der Waals surface area contributed by atoms with Gasteiger partial charge in [0.2, 0.25) is 0 Å². The molecule has 0 bridgehead atoms. The van der Waals surface area contributed by atoms with E-state index in [1.54, 1.807) is 7.05 Å². The maximum absolute atomic E-state index is 12.3. The number of aromatic nitrogens is 4. The van der Waals surface area contributed by atoms with Crippen LogP contribution in [0.4, 0.5) is 0 Å². The third-order valence-corrected chi connectivity index (χ3v) is 5.54. The van der Waals surface area contributed by atoms with Crippen LogP contribution in [0.2, 0.25) is 0 Å². The van der Waals surface area contributed by atoms with Crippen LogP contribution in [0.3, 0.4) is 0 Å². The van der Waals surface area contributed by atoms with E-state index in [9.17, 15) is 4.79 Å². The monoisotopic (exact) mass is 414 g/mol. The van der Waals surface area contributed by atoms with Crippen LogP contribution < -0.4 is 10.4 Å². The Morgan fingerprint density at radius 3 is 2.42 bits per heavy atom. The number of aryl methyl sites for hydroxylation is 4. The lowest BCUT2D eigenvalue weighted by Crippen LogP contribution is -2.23. The summed E-state index contributed by atoms with van der Waals surface area (Å²) in [5, 5.41) is 7.81. The quantitative estimate of drug-likeness (QED) is 0.469. The van der Waals surface area contributed by atoms with Crippen LogP contribution in [0.5, 0.6) is 5.75 Å². The SMILES string of the molecule is CCc1cc(OCc2c(C)cccc2-n2nnn(C)c2=O)ccc1-c1ccc(C)cc1. The summed E-state index contributed by atoms with van der Waals surface area (Å²) in [7, 11) is 1.58. The van der Waals surface area contributed by atoms with Crippen LogP contribution in [0.25, 0.3) is 16.8 Å². The lowest BCUT2D eigenvalue weighted by molar-refractivity contribution is 0.304. The summed E-state index contributed by atoms with van der Waals surface area (Å²) in [5.74, 6) is 0.799. The van der Waals surface area contributed by atoms with E-state index in [0.717, 1.165) is 23.3 Å². The Hall–Kier alpha value is -3.67. The standard InChI is InChI=1S/C25H26N4O2/c1-5-19-15-21(13-14-22(19)20-11-9-17(2)10-12-20)31-16-23-18(3)7-6-8-24(23)29-25(30)28(4)26-27-29/h6-15H,5,16H2,1-4H3. The van der Waals surface area contributed by atoms with Gasteiger partial charge >= 0.3 is 5.69 Å². The number of nitrogens with zero attached hydrogens (tertiary/aromatic N) is 4. The number of hydrogen-bond donors (Lipinski definition) is 0. The first kappa shape index (κ1) is 20.6. The van der Waals surface area contributed by atoms with Crippen molar-refractivity contribution in [2.45, 2.75) is 33.8 Å². The fourth-order valence-electron chi connectivity index (χ4n) is 3.66. The van der Waals surface area contributed by atoms with E-state index in [-0.39, 0.29) is 5.69 Å².